The first-order chi connectivity index (χ1) is 10.8. The van der Waals surface area contributed by atoms with Gasteiger partial charge in [0.15, 0.2) is 0 Å². The number of hydrogen-bond acceptors (Lipinski definition) is 4. The summed E-state index contributed by atoms with van der Waals surface area (Å²) in [5.74, 6) is 0.320. The molecule has 0 spiro atoms. The molecule has 0 saturated heterocycles. The van der Waals surface area contributed by atoms with Crippen LogP contribution in [-0.4, -0.2) is 44.8 Å². The Morgan fingerprint density at radius 3 is 2.52 bits per heavy atom. The van der Waals surface area contributed by atoms with Crippen LogP contribution in [0.3, 0.4) is 0 Å². The fourth-order valence-corrected chi connectivity index (χ4v) is 6.72. The van der Waals surface area contributed by atoms with E-state index in [1.54, 1.807) is 0 Å². The van der Waals surface area contributed by atoms with Gasteiger partial charge >= 0.3 is 0 Å². The van der Waals surface area contributed by atoms with Crippen LogP contribution in [0.25, 0.3) is 0 Å². The Morgan fingerprint density at radius 2 is 1.78 bits per heavy atom. The fourth-order valence-electron chi connectivity index (χ4n) is 6.72. The first kappa shape index (κ1) is 16.1. The highest BCUT2D eigenvalue weighted by atomic mass is 16.3. The van der Waals surface area contributed by atoms with Gasteiger partial charge in [-0.25, -0.2) is 0 Å². The molecule has 4 heteroatoms. The number of fused-ring (bicyclic) bond motifs is 5. The molecule has 4 N–H and O–H groups in total. The minimum atomic E-state index is -0.571. The van der Waals surface area contributed by atoms with Crippen molar-refractivity contribution in [3.63, 3.8) is 0 Å². The summed E-state index contributed by atoms with van der Waals surface area (Å²) in [5.41, 5.74) is 0.723. The summed E-state index contributed by atoms with van der Waals surface area (Å²) in [5, 5.41) is 42.4. The third-order valence-corrected chi connectivity index (χ3v) is 7.99. The van der Waals surface area contributed by atoms with Crippen LogP contribution in [0, 0.1) is 28.6 Å². The number of aliphatic hydroxyl groups is 4. The lowest BCUT2D eigenvalue weighted by Gasteiger charge is -2.60. The zero-order chi connectivity index (χ0) is 16.6. The molecule has 130 valence electrons. The highest BCUT2D eigenvalue weighted by Crippen LogP contribution is 2.64. The van der Waals surface area contributed by atoms with Crippen LogP contribution in [0.15, 0.2) is 11.6 Å². The summed E-state index contributed by atoms with van der Waals surface area (Å²) in [6.45, 7) is 4.30. The van der Waals surface area contributed by atoms with Gasteiger partial charge in [0.25, 0.3) is 0 Å². The number of rotatable bonds is 0. The van der Waals surface area contributed by atoms with Crippen molar-refractivity contribution >= 4 is 0 Å². The first-order valence-electron chi connectivity index (χ1n) is 9.21. The van der Waals surface area contributed by atoms with Gasteiger partial charge in [0, 0.05) is 0 Å². The lowest BCUT2D eigenvalue weighted by molar-refractivity contribution is -0.160. The monoisotopic (exact) mass is 322 g/mol. The highest BCUT2D eigenvalue weighted by Gasteiger charge is 2.63. The van der Waals surface area contributed by atoms with Gasteiger partial charge in [-0.1, -0.05) is 25.5 Å². The third-order valence-electron chi connectivity index (χ3n) is 7.99. The van der Waals surface area contributed by atoms with E-state index in [2.05, 4.69) is 13.8 Å². The average molecular weight is 322 g/mol. The molecule has 4 aliphatic rings. The molecule has 3 fully saturated rings. The van der Waals surface area contributed by atoms with E-state index >= 15 is 0 Å². The number of hydrogen-bond donors (Lipinski definition) is 4. The maximum absolute atomic E-state index is 11.0. The molecule has 0 bridgehead atoms. The van der Waals surface area contributed by atoms with E-state index in [9.17, 15) is 20.4 Å². The predicted molar refractivity (Wildman–Crippen MR) is 86.5 cm³/mol. The van der Waals surface area contributed by atoms with Crippen molar-refractivity contribution in [1.82, 2.24) is 0 Å². The summed E-state index contributed by atoms with van der Waals surface area (Å²) in [7, 11) is 0. The van der Waals surface area contributed by atoms with E-state index in [-0.39, 0.29) is 40.8 Å². The zero-order valence-corrected chi connectivity index (χ0v) is 14.2. The van der Waals surface area contributed by atoms with Gasteiger partial charge in [-0.15, -0.1) is 0 Å². The molecule has 4 nitrogen and oxygen atoms in total. The molecule has 23 heavy (non-hydrogen) atoms. The van der Waals surface area contributed by atoms with Crippen LogP contribution in [0.2, 0.25) is 0 Å². The largest absolute Gasteiger partial charge is 0.393 e. The third kappa shape index (κ3) is 2.05. The summed E-state index contributed by atoms with van der Waals surface area (Å²) < 4.78 is 0. The molecular formula is C19H30O4. The van der Waals surface area contributed by atoms with E-state index in [4.69, 9.17) is 0 Å². The second-order valence-electron chi connectivity index (χ2n) is 9.08. The summed E-state index contributed by atoms with van der Waals surface area (Å²) in [6, 6.07) is 0. The molecule has 0 radical (unpaired) electrons. The van der Waals surface area contributed by atoms with Crippen molar-refractivity contribution in [2.45, 2.75) is 76.8 Å². The maximum atomic E-state index is 11.0. The topological polar surface area (TPSA) is 80.9 Å². The standard InChI is InChI=1S/C19H30O4/c1-18-6-5-11(20)7-10(18)8-13(21)16-12-3-4-15(23)19(12,2)9-14(22)17(16)18/h8,11-17,20-23H,3-7,9H2,1-2H3/t11-,12?,13?,14?,15-,16?,17?,18-,19-/m0/s1. The Bertz CT molecular complexity index is 531. The minimum absolute atomic E-state index is 0.0184. The molecule has 9 atom stereocenters. The van der Waals surface area contributed by atoms with Crippen molar-refractivity contribution in [2.24, 2.45) is 28.6 Å². The second kappa shape index (κ2) is 5.04. The quantitative estimate of drug-likeness (QED) is 0.511. The van der Waals surface area contributed by atoms with E-state index in [0.29, 0.717) is 12.8 Å². The Labute approximate surface area is 138 Å². The molecule has 0 aliphatic heterocycles. The van der Waals surface area contributed by atoms with E-state index in [1.807, 2.05) is 6.08 Å². The molecule has 3 saturated carbocycles. The number of aliphatic hydroxyl groups excluding tert-OH is 4. The Kier molecular flexibility index (Phi) is 3.52. The van der Waals surface area contributed by atoms with Crippen molar-refractivity contribution < 1.29 is 20.4 Å². The van der Waals surface area contributed by atoms with E-state index in [1.165, 1.54) is 0 Å². The van der Waals surface area contributed by atoms with Crippen LogP contribution in [0.5, 0.6) is 0 Å². The summed E-state index contributed by atoms with van der Waals surface area (Å²) in [4.78, 5) is 0. The second-order valence-corrected chi connectivity index (χ2v) is 9.08. The predicted octanol–water partition coefficient (Wildman–Crippen LogP) is 1.61. The highest BCUT2D eigenvalue weighted by molar-refractivity contribution is 5.29. The molecule has 0 amide bonds. The molecule has 4 aliphatic carbocycles. The van der Waals surface area contributed by atoms with Crippen molar-refractivity contribution in [1.29, 1.82) is 0 Å². The van der Waals surface area contributed by atoms with Gasteiger partial charge in [-0.3, -0.25) is 0 Å². The SMILES string of the molecule is C[C@]12CC[C@H](O)CC1=CC(O)C1C2C(O)C[C@@]2(C)C1CC[C@@H]2O. The maximum Gasteiger partial charge on any atom is 0.0758 e. The van der Waals surface area contributed by atoms with Crippen LogP contribution in [0.1, 0.15) is 52.4 Å². The van der Waals surface area contributed by atoms with E-state index in [0.717, 1.165) is 31.3 Å². The molecule has 0 aromatic rings. The van der Waals surface area contributed by atoms with Crippen LogP contribution >= 0.6 is 0 Å². The molecule has 0 heterocycles. The van der Waals surface area contributed by atoms with Gasteiger partial charge in [-0.05, 0) is 67.1 Å². The van der Waals surface area contributed by atoms with Gasteiger partial charge < -0.3 is 20.4 Å². The normalized spacial score (nSPS) is 58.9. The minimum Gasteiger partial charge on any atom is -0.393 e. The van der Waals surface area contributed by atoms with Crippen molar-refractivity contribution in [3.05, 3.63) is 11.6 Å². The zero-order valence-electron chi connectivity index (χ0n) is 14.2. The van der Waals surface area contributed by atoms with Crippen molar-refractivity contribution in [2.75, 3.05) is 0 Å². The van der Waals surface area contributed by atoms with Gasteiger partial charge in [0.05, 0.1) is 24.4 Å². The molecule has 4 rings (SSSR count). The van der Waals surface area contributed by atoms with Crippen LogP contribution < -0.4 is 0 Å². The lowest BCUT2D eigenvalue weighted by Crippen LogP contribution is -2.60. The summed E-state index contributed by atoms with van der Waals surface area (Å²) in [6.07, 6.45) is 4.80. The molecule has 0 aromatic carbocycles. The van der Waals surface area contributed by atoms with Crippen LogP contribution in [-0.2, 0) is 0 Å². The lowest BCUT2D eigenvalue weighted by atomic mass is 9.46. The molecular weight excluding hydrogens is 292 g/mol. The Morgan fingerprint density at radius 1 is 1.04 bits per heavy atom. The van der Waals surface area contributed by atoms with Gasteiger partial charge in [0.1, 0.15) is 0 Å². The van der Waals surface area contributed by atoms with E-state index < -0.39 is 12.2 Å². The summed E-state index contributed by atoms with van der Waals surface area (Å²) >= 11 is 0. The Hall–Kier alpha value is -0.420. The fraction of sp³-hybridized carbons (Fsp3) is 0.895. The Balaban J connectivity index is 1.78. The molecule has 5 unspecified atom stereocenters. The smallest absolute Gasteiger partial charge is 0.0758 e. The van der Waals surface area contributed by atoms with Gasteiger partial charge in [0.2, 0.25) is 0 Å². The van der Waals surface area contributed by atoms with Gasteiger partial charge in [-0.2, -0.15) is 0 Å². The van der Waals surface area contributed by atoms with Crippen molar-refractivity contribution in [3.8, 4) is 0 Å². The average Bonchev–Trinajstić information content (AvgIpc) is 2.76. The molecule has 0 aromatic heterocycles. The first-order valence-corrected chi connectivity index (χ1v) is 9.21. The van der Waals surface area contributed by atoms with Crippen LogP contribution in [0.4, 0.5) is 0 Å².